The summed E-state index contributed by atoms with van der Waals surface area (Å²) in [4.78, 5) is 6.89. The summed E-state index contributed by atoms with van der Waals surface area (Å²) < 4.78 is 28.0. The van der Waals surface area contributed by atoms with E-state index in [-0.39, 0.29) is 5.56 Å². The lowest BCUT2D eigenvalue weighted by Crippen LogP contribution is -2.36. The summed E-state index contributed by atoms with van der Waals surface area (Å²) in [6, 6.07) is 11.5. The van der Waals surface area contributed by atoms with Crippen LogP contribution in [0.2, 0.25) is 0 Å². The van der Waals surface area contributed by atoms with Crippen LogP contribution in [0, 0.1) is 11.6 Å². The van der Waals surface area contributed by atoms with Crippen LogP contribution in [0.1, 0.15) is 35.4 Å². The molecule has 2 aromatic carbocycles. The van der Waals surface area contributed by atoms with Gasteiger partial charge in [0.25, 0.3) is 0 Å². The van der Waals surface area contributed by atoms with E-state index in [4.69, 9.17) is 4.98 Å². The molecule has 136 valence electrons. The van der Waals surface area contributed by atoms with Gasteiger partial charge in [0.05, 0.1) is 21.3 Å². The molecule has 3 nitrogen and oxygen atoms in total. The van der Waals surface area contributed by atoms with Crippen molar-refractivity contribution >= 4 is 21.6 Å². The molecular formula is C20H20F2N2OS. The van der Waals surface area contributed by atoms with Crippen LogP contribution in [0.5, 0.6) is 0 Å². The van der Waals surface area contributed by atoms with E-state index in [1.807, 2.05) is 18.2 Å². The molecule has 0 bridgehead atoms. The fraction of sp³-hybridized carbons (Fsp3) is 0.350. The normalized spacial score (nSPS) is 17.7. The molecule has 0 radical (unpaired) electrons. The number of aromatic nitrogens is 1. The van der Waals surface area contributed by atoms with Crippen LogP contribution in [-0.2, 0) is 0 Å². The Labute approximate surface area is 154 Å². The fourth-order valence-electron chi connectivity index (χ4n) is 3.54. The summed E-state index contributed by atoms with van der Waals surface area (Å²) in [6.45, 7) is 2.02. The van der Waals surface area contributed by atoms with Crippen molar-refractivity contribution < 1.29 is 13.9 Å². The number of β-amino-alcohol motifs (C(OH)–C–C–N with tert-alkyl or cyclic N) is 1. The maximum absolute atomic E-state index is 13.8. The van der Waals surface area contributed by atoms with Crippen molar-refractivity contribution in [3.05, 3.63) is 64.7 Å². The molecule has 1 unspecified atom stereocenters. The van der Waals surface area contributed by atoms with Crippen LogP contribution in [0.4, 0.5) is 8.78 Å². The van der Waals surface area contributed by atoms with Gasteiger partial charge in [0.15, 0.2) is 0 Å². The third-order valence-electron chi connectivity index (χ3n) is 5.00. The summed E-state index contributed by atoms with van der Waals surface area (Å²) in [6.07, 6.45) is 0.992. The molecule has 1 N–H and O–H groups in total. The summed E-state index contributed by atoms with van der Waals surface area (Å²) in [5, 5.41) is 11.5. The zero-order valence-corrected chi connectivity index (χ0v) is 15.1. The molecule has 1 aliphatic heterocycles. The van der Waals surface area contributed by atoms with Crippen molar-refractivity contribution in [3.8, 4) is 0 Å². The van der Waals surface area contributed by atoms with Gasteiger partial charge >= 0.3 is 0 Å². The lowest BCUT2D eigenvalue weighted by molar-refractivity contribution is 0.0947. The Balaban J connectivity index is 1.37. The van der Waals surface area contributed by atoms with E-state index in [1.54, 1.807) is 11.3 Å². The summed E-state index contributed by atoms with van der Waals surface area (Å²) in [5.74, 6) is -0.889. The average Bonchev–Trinajstić information content (AvgIpc) is 3.06. The summed E-state index contributed by atoms with van der Waals surface area (Å²) >= 11 is 1.75. The highest BCUT2D eigenvalue weighted by atomic mass is 32.1. The molecule has 4 rings (SSSR count). The molecule has 1 fully saturated rings. The van der Waals surface area contributed by atoms with Crippen molar-refractivity contribution in [3.63, 3.8) is 0 Å². The lowest BCUT2D eigenvalue weighted by atomic mass is 9.97. The standard InChI is InChI=1S/C20H20F2N2OS/c21-14-5-6-15(16(22)11-14)18(25)12-24-9-7-13(8-10-24)20-23-17-3-1-2-4-19(17)26-20/h1-6,11,13,18,25H,7-10,12H2. The smallest absolute Gasteiger partial charge is 0.131 e. The summed E-state index contributed by atoms with van der Waals surface area (Å²) in [5.41, 5.74) is 1.21. The molecule has 1 atom stereocenters. The zero-order chi connectivity index (χ0) is 18.1. The van der Waals surface area contributed by atoms with Gasteiger partial charge in [-0.25, -0.2) is 13.8 Å². The average molecular weight is 374 g/mol. The van der Waals surface area contributed by atoms with Crippen LogP contribution in [0.25, 0.3) is 10.2 Å². The van der Waals surface area contributed by atoms with Gasteiger partial charge < -0.3 is 10.0 Å². The van der Waals surface area contributed by atoms with Crippen LogP contribution >= 0.6 is 11.3 Å². The third kappa shape index (κ3) is 3.63. The van der Waals surface area contributed by atoms with E-state index < -0.39 is 17.7 Å². The Morgan fingerprint density at radius 2 is 1.92 bits per heavy atom. The third-order valence-corrected chi connectivity index (χ3v) is 6.20. The van der Waals surface area contributed by atoms with Gasteiger partial charge in [0.1, 0.15) is 11.6 Å². The van der Waals surface area contributed by atoms with Crippen molar-refractivity contribution in [1.82, 2.24) is 9.88 Å². The van der Waals surface area contributed by atoms with Gasteiger partial charge in [-0.3, -0.25) is 0 Å². The molecule has 0 spiro atoms. The fourth-order valence-corrected chi connectivity index (χ4v) is 4.68. The highest BCUT2D eigenvalue weighted by Gasteiger charge is 2.25. The second-order valence-electron chi connectivity index (χ2n) is 6.78. The van der Waals surface area contributed by atoms with Gasteiger partial charge in [-0.2, -0.15) is 0 Å². The number of hydrogen-bond donors (Lipinski definition) is 1. The molecular weight excluding hydrogens is 354 g/mol. The van der Waals surface area contributed by atoms with Crippen molar-refractivity contribution in [1.29, 1.82) is 0 Å². The van der Waals surface area contributed by atoms with E-state index in [0.717, 1.165) is 37.5 Å². The maximum Gasteiger partial charge on any atom is 0.131 e. The van der Waals surface area contributed by atoms with Crippen molar-refractivity contribution in [2.24, 2.45) is 0 Å². The Hall–Kier alpha value is -1.89. The predicted octanol–water partition coefficient (Wildman–Crippen LogP) is 4.49. The van der Waals surface area contributed by atoms with Crippen LogP contribution in [0.3, 0.4) is 0 Å². The first kappa shape index (κ1) is 17.5. The molecule has 1 aliphatic rings. The van der Waals surface area contributed by atoms with E-state index >= 15 is 0 Å². The van der Waals surface area contributed by atoms with E-state index in [1.165, 1.54) is 21.8 Å². The number of halogens is 2. The SMILES string of the molecule is OC(CN1CCC(c2nc3ccccc3s2)CC1)c1ccc(F)cc1F. The number of fused-ring (bicyclic) bond motifs is 1. The van der Waals surface area contributed by atoms with Gasteiger partial charge in [0, 0.05) is 24.1 Å². The molecule has 0 aliphatic carbocycles. The minimum absolute atomic E-state index is 0.152. The summed E-state index contributed by atoms with van der Waals surface area (Å²) in [7, 11) is 0. The topological polar surface area (TPSA) is 36.4 Å². The van der Waals surface area contributed by atoms with Gasteiger partial charge in [0.2, 0.25) is 0 Å². The number of aliphatic hydroxyl groups is 1. The van der Waals surface area contributed by atoms with Gasteiger partial charge in [-0.05, 0) is 44.1 Å². The number of likely N-dealkylation sites (tertiary alicyclic amines) is 1. The second kappa shape index (κ2) is 7.39. The largest absolute Gasteiger partial charge is 0.387 e. The minimum Gasteiger partial charge on any atom is -0.387 e. The van der Waals surface area contributed by atoms with Crippen molar-refractivity contribution in [2.75, 3.05) is 19.6 Å². The van der Waals surface area contributed by atoms with Crippen LogP contribution < -0.4 is 0 Å². The Morgan fingerprint density at radius 1 is 1.15 bits per heavy atom. The minimum atomic E-state index is -0.949. The molecule has 0 amide bonds. The predicted molar refractivity (Wildman–Crippen MR) is 99.4 cm³/mol. The number of nitrogens with zero attached hydrogens (tertiary/aromatic N) is 2. The highest BCUT2D eigenvalue weighted by molar-refractivity contribution is 7.18. The Morgan fingerprint density at radius 3 is 2.65 bits per heavy atom. The molecule has 6 heteroatoms. The van der Waals surface area contributed by atoms with Crippen LogP contribution in [-0.4, -0.2) is 34.6 Å². The zero-order valence-electron chi connectivity index (χ0n) is 14.2. The van der Waals surface area contributed by atoms with Gasteiger partial charge in [-0.1, -0.05) is 18.2 Å². The number of rotatable bonds is 4. The second-order valence-corrected chi connectivity index (χ2v) is 7.84. The number of thiazole rings is 1. The maximum atomic E-state index is 13.8. The molecule has 26 heavy (non-hydrogen) atoms. The Kier molecular flexibility index (Phi) is 4.98. The molecule has 1 saturated heterocycles. The molecule has 2 heterocycles. The van der Waals surface area contributed by atoms with E-state index in [2.05, 4.69) is 11.0 Å². The quantitative estimate of drug-likeness (QED) is 0.731. The first-order valence-corrected chi connectivity index (χ1v) is 9.62. The van der Waals surface area contributed by atoms with E-state index in [0.29, 0.717) is 12.5 Å². The number of aliphatic hydroxyl groups excluding tert-OH is 1. The molecule has 3 aromatic rings. The number of benzene rings is 2. The van der Waals surface area contributed by atoms with Crippen molar-refractivity contribution in [2.45, 2.75) is 24.9 Å². The number of piperidine rings is 1. The first-order valence-electron chi connectivity index (χ1n) is 8.81. The lowest BCUT2D eigenvalue weighted by Gasteiger charge is -2.32. The number of para-hydroxylation sites is 1. The first-order chi connectivity index (χ1) is 12.6. The van der Waals surface area contributed by atoms with Crippen LogP contribution in [0.15, 0.2) is 42.5 Å². The van der Waals surface area contributed by atoms with E-state index in [9.17, 15) is 13.9 Å². The highest BCUT2D eigenvalue weighted by Crippen LogP contribution is 2.34. The monoisotopic (exact) mass is 374 g/mol. The number of hydrogen-bond acceptors (Lipinski definition) is 4. The van der Waals surface area contributed by atoms with Gasteiger partial charge in [-0.15, -0.1) is 11.3 Å². The Bertz CT molecular complexity index is 873. The molecule has 1 aromatic heterocycles. The molecule has 0 saturated carbocycles.